The molecule has 0 fully saturated rings. The van der Waals surface area contributed by atoms with Crippen molar-refractivity contribution in [3.63, 3.8) is 0 Å². The second kappa shape index (κ2) is 7.77. The lowest BCUT2D eigenvalue weighted by Crippen LogP contribution is -2.16. The van der Waals surface area contributed by atoms with Gasteiger partial charge in [0.2, 0.25) is 0 Å². The Hall–Kier alpha value is -0.860. The maximum atomic E-state index is 11.0. The monoisotopic (exact) mass is 185 g/mol. The van der Waals surface area contributed by atoms with Gasteiger partial charge in [0.05, 0.1) is 6.61 Å². The van der Waals surface area contributed by atoms with Crippen molar-refractivity contribution in [1.29, 1.82) is 5.41 Å². The fourth-order valence-electron chi connectivity index (χ4n) is 0.925. The lowest BCUT2D eigenvalue weighted by molar-refractivity contribution is -0.135. The van der Waals surface area contributed by atoms with E-state index in [1.807, 2.05) is 0 Å². The van der Waals surface area contributed by atoms with Gasteiger partial charge >= 0.3 is 5.97 Å². The summed E-state index contributed by atoms with van der Waals surface area (Å²) in [6.07, 6.45) is 4.83. The number of rotatable bonds is 7. The SMILES string of the molecule is CCCCCCOC(=O)C(=N)CC. The first-order chi connectivity index (χ1) is 6.22. The molecule has 1 N–H and O–H groups in total. The van der Waals surface area contributed by atoms with Crippen LogP contribution in [0, 0.1) is 5.41 Å². The average molecular weight is 185 g/mol. The second-order valence-corrected chi connectivity index (χ2v) is 3.03. The zero-order valence-corrected chi connectivity index (χ0v) is 8.56. The van der Waals surface area contributed by atoms with Crippen LogP contribution in [-0.4, -0.2) is 18.3 Å². The van der Waals surface area contributed by atoms with Crippen LogP contribution in [0.5, 0.6) is 0 Å². The third kappa shape index (κ3) is 6.31. The van der Waals surface area contributed by atoms with Gasteiger partial charge in [-0.25, -0.2) is 4.79 Å². The Balaban J connectivity index is 3.32. The fraction of sp³-hybridized carbons (Fsp3) is 0.800. The minimum absolute atomic E-state index is 0.0653. The van der Waals surface area contributed by atoms with Crippen LogP contribution in [0.15, 0.2) is 0 Å². The fourth-order valence-corrected chi connectivity index (χ4v) is 0.925. The van der Waals surface area contributed by atoms with Gasteiger partial charge in [0.25, 0.3) is 0 Å². The summed E-state index contributed by atoms with van der Waals surface area (Å²) in [6, 6.07) is 0. The van der Waals surface area contributed by atoms with Crippen LogP contribution in [0.2, 0.25) is 0 Å². The molecule has 76 valence electrons. The predicted octanol–water partition coefficient (Wildman–Crippen LogP) is 2.54. The first kappa shape index (κ1) is 12.1. The maximum absolute atomic E-state index is 11.0. The van der Waals surface area contributed by atoms with Crippen molar-refractivity contribution in [2.75, 3.05) is 6.61 Å². The third-order valence-corrected chi connectivity index (χ3v) is 1.83. The van der Waals surface area contributed by atoms with Gasteiger partial charge in [-0.1, -0.05) is 33.1 Å². The Bertz CT molecular complexity index is 166. The first-order valence-electron chi connectivity index (χ1n) is 4.96. The number of hydrogen-bond acceptors (Lipinski definition) is 3. The molecule has 0 amide bonds. The van der Waals surface area contributed by atoms with E-state index in [-0.39, 0.29) is 5.71 Å². The summed E-state index contributed by atoms with van der Waals surface area (Å²) in [5.41, 5.74) is 0.0653. The Kier molecular flexibility index (Phi) is 7.26. The van der Waals surface area contributed by atoms with Gasteiger partial charge in [-0.15, -0.1) is 0 Å². The van der Waals surface area contributed by atoms with E-state index in [2.05, 4.69) is 6.92 Å². The van der Waals surface area contributed by atoms with Crippen LogP contribution >= 0.6 is 0 Å². The predicted molar refractivity (Wildman–Crippen MR) is 53.1 cm³/mol. The van der Waals surface area contributed by atoms with Crippen molar-refractivity contribution in [3.05, 3.63) is 0 Å². The third-order valence-electron chi connectivity index (χ3n) is 1.83. The van der Waals surface area contributed by atoms with Gasteiger partial charge in [-0.3, -0.25) is 5.41 Å². The Morgan fingerprint density at radius 2 is 1.92 bits per heavy atom. The summed E-state index contributed by atoms with van der Waals surface area (Å²) in [6.45, 7) is 4.38. The minimum atomic E-state index is -0.459. The topological polar surface area (TPSA) is 50.2 Å². The molecule has 3 heteroatoms. The van der Waals surface area contributed by atoms with Crippen LogP contribution in [0.25, 0.3) is 0 Å². The van der Waals surface area contributed by atoms with Gasteiger partial charge in [-0.2, -0.15) is 0 Å². The van der Waals surface area contributed by atoms with Crippen molar-refractivity contribution >= 4 is 11.7 Å². The number of carbonyl (C=O) groups excluding carboxylic acids is 1. The van der Waals surface area contributed by atoms with Crippen molar-refractivity contribution < 1.29 is 9.53 Å². The van der Waals surface area contributed by atoms with Crippen molar-refractivity contribution in [2.45, 2.75) is 46.0 Å². The van der Waals surface area contributed by atoms with Gasteiger partial charge in [0.15, 0.2) is 0 Å². The minimum Gasteiger partial charge on any atom is -0.461 e. The normalized spacial score (nSPS) is 9.69. The van der Waals surface area contributed by atoms with Crippen molar-refractivity contribution in [1.82, 2.24) is 0 Å². The molecule has 0 saturated heterocycles. The maximum Gasteiger partial charge on any atom is 0.351 e. The van der Waals surface area contributed by atoms with Crippen molar-refractivity contribution in [3.8, 4) is 0 Å². The van der Waals surface area contributed by atoms with Gasteiger partial charge in [0, 0.05) is 0 Å². The number of unbranched alkanes of at least 4 members (excludes halogenated alkanes) is 3. The highest BCUT2D eigenvalue weighted by Gasteiger charge is 2.06. The highest BCUT2D eigenvalue weighted by Crippen LogP contribution is 1.99. The number of carbonyl (C=O) groups is 1. The lowest BCUT2D eigenvalue weighted by Gasteiger charge is -2.03. The summed E-state index contributed by atoms with van der Waals surface area (Å²) in [5, 5.41) is 7.19. The van der Waals surface area contributed by atoms with E-state index in [1.165, 1.54) is 12.8 Å². The molecular weight excluding hydrogens is 166 g/mol. The number of hydrogen-bond donors (Lipinski definition) is 1. The van der Waals surface area contributed by atoms with E-state index in [1.54, 1.807) is 6.92 Å². The van der Waals surface area contributed by atoms with E-state index in [4.69, 9.17) is 10.1 Å². The Morgan fingerprint density at radius 1 is 1.23 bits per heavy atom. The van der Waals surface area contributed by atoms with E-state index >= 15 is 0 Å². The van der Waals surface area contributed by atoms with Gasteiger partial charge in [0.1, 0.15) is 5.71 Å². The van der Waals surface area contributed by atoms with Gasteiger partial charge in [-0.05, 0) is 12.8 Å². The van der Waals surface area contributed by atoms with Crippen LogP contribution in [0.4, 0.5) is 0 Å². The molecular formula is C10H19NO2. The van der Waals surface area contributed by atoms with E-state index in [9.17, 15) is 4.79 Å². The standard InChI is InChI=1S/C10H19NO2/c1-3-5-6-7-8-13-10(12)9(11)4-2/h11H,3-8H2,1-2H3. The summed E-state index contributed by atoms with van der Waals surface area (Å²) in [7, 11) is 0. The zero-order valence-electron chi connectivity index (χ0n) is 8.56. The summed E-state index contributed by atoms with van der Waals surface area (Å²) in [5.74, 6) is -0.459. The van der Waals surface area contributed by atoms with Crippen molar-refractivity contribution in [2.24, 2.45) is 0 Å². The second-order valence-electron chi connectivity index (χ2n) is 3.03. The highest BCUT2D eigenvalue weighted by molar-refractivity contribution is 6.34. The molecule has 0 atom stereocenters. The van der Waals surface area contributed by atoms with Crippen LogP contribution in [-0.2, 0) is 9.53 Å². The summed E-state index contributed by atoms with van der Waals surface area (Å²) < 4.78 is 4.88. The molecule has 0 unspecified atom stereocenters. The van der Waals surface area contributed by atoms with E-state index in [0.29, 0.717) is 13.0 Å². The van der Waals surface area contributed by atoms with Crippen LogP contribution < -0.4 is 0 Å². The highest BCUT2D eigenvalue weighted by atomic mass is 16.5. The van der Waals surface area contributed by atoms with Crippen LogP contribution in [0.3, 0.4) is 0 Å². The molecule has 0 aliphatic rings. The van der Waals surface area contributed by atoms with Crippen LogP contribution in [0.1, 0.15) is 46.0 Å². The number of ether oxygens (including phenoxy) is 1. The molecule has 3 nitrogen and oxygen atoms in total. The average Bonchev–Trinajstić information content (AvgIpc) is 2.16. The largest absolute Gasteiger partial charge is 0.461 e. The first-order valence-corrected chi connectivity index (χ1v) is 4.96. The summed E-state index contributed by atoms with van der Waals surface area (Å²) >= 11 is 0. The molecule has 0 aromatic heterocycles. The summed E-state index contributed by atoms with van der Waals surface area (Å²) in [4.78, 5) is 11.0. The smallest absolute Gasteiger partial charge is 0.351 e. The quantitative estimate of drug-likeness (QED) is 0.376. The zero-order chi connectivity index (χ0) is 10.1. The molecule has 0 radical (unpaired) electrons. The molecule has 0 rings (SSSR count). The molecule has 0 aliphatic heterocycles. The Labute approximate surface area is 80.0 Å². The molecule has 0 heterocycles. The van der Waals surface area contributed by atoms with Gasteiger partial charge < -0.3 is 4.74 Å². The lowest BCUT2D eigenvalue weighted by atomic mass is 10.2. The van der Waals surface area contributed by atoms with E-state index in [0.717, 1.165) is 12.8 Å². The number of esters is 1. The molecule has 0 aliphatic carbocycles. The number of nitrogens with one attached hydrogen (secondary N) is 1. The molecule has 0 saturated carbocycles. The molecule has 0 bridgehead atoms. The molecule has 0 aromatic carbocycles. The molecule has 0 aromatic rings. The Morgan fingerprint density at radius 3 is 2.46 bits per heavy atom. The van der Waals surface area contributed by atoms with E-state index < -0.39 is 5.97 Å². The molecule has 13 heavy (non-hydrogen) atoms. The molecule has 0 spiro atoms.